The summed E-state index contributed by atoms with van der Waals surface area (Å²) >= 11 is 5.30. The normalized spacial score (nSPS) is 10.5. The Morgan fingerprint density at radius 3 is 2.47 bits per heavy atom. The first-order chi connectivity index (χ1) is 8.16. The number of nitrogens with zero attached hydrogens (tertiary/aromatic N) is 1. The molecule has 0 radical (unpaired) electrons. The molecule has 0 spiro atoms. The zero-order valence-electron chi connectivity index (χ0n) is 10.3. The first-order valence-corrected chi connectivity index (χ1v) is 6.25. The van der Waals surface area contributed by atoms with Crippen LogP contribution in [-0.4, -0.2) is 24.0 Å². The van der Waals surface area contributed by atoms with Crippen LogP contribution in [-0.2, 0) is 6.42 Å². The molecule has 1 nitrogen and oxygen atoms in total. The van der Waals surface area contributed by atoms with Crippen LogP contribution in [0.1, 0.15) is 12.0 Å². The molecule has 0 amide bonds. The lowest BCUT2D eigenvalue weighted by molar-refractivity contribution is 0.617. The van der Waals surface area contributed by atoms with E-state index >= 15 is 0 Å². The number of aryl methyl sites for hydroxylation is 1. The van der Waals surface area contributed by atoms with E-state index in [1.807, 2.05) is 19.0 Å². The van der Waals surface area contributed by atoms with Crippen molar-refractivity contribution in [2.75, 3.05) is 14.1 Å². The average molecular weight is 243 g/mol. The van der Waals surface area contributed by atoms with E-state index in [9.17, 15) is 0 Å². The summed E-state index contributed by atoms with van der Waals surface area (Å²) in [6.45, 7) is 0. The molecule has 0 unspecified atom stereocenters. The van der Waals surface area contributed by atoms with Gasteiger partial charge < -0.3 is 4.90 Å². The van der Waals surface area contributed by atoms with Gasteiger partial charge in [-0.25, -0.2) is 0 Å². The van der Waals surface area contributed by atoms with Gasteiger partial charge >= 0.3 is 0 Å². The van der Waals surface area contributed by atoms with Gasteiger partial charge in [-0.3, -0.25) is 0 Å². The van der Waals surface area contributed by atoms with Crippen LogP contribution in [0.5, 0.6) is 0 Å². The highest BCUT2D eigenvalue weighted by Crippen LogP contribution is 2.16. The Bertz CT molecular complexity index is 531. The second-order valence-corrected chi connectivity index (χ2v) is 4.94. The summed E-state index contributed by atoms with van der Waals surface area (Å²) in [7, 11) is 4.01. The Balaban J connectivity index is 2.12. The lowest BCUT2D eigenvalue weighted by atomic mass is 10.0. The minimum Gasteiger partial charge on any atom is -0.372 e. The van der Waals surface area contributed by atoms with Gasteiger partial charge in [0.15, 0.2) is 0 Å². The van der Waals surface area contributed by atoms with Gasteiger partial charge in [-0.05, 0) is 22.8 Å². The molecule has 0 aliphatic carbocycles. The first kappa shape index (κ1) is 12.1. The molecule has 0 saturated heterocycles. The largest absolute Gasteiger partial charge is 0.372 e. The Morgan fingerprint density at radius 2 is 1.76 bits per heavy atom. The van der Waals surface area contributed by atoms with E-state index in [0.29, 0.717) is 0 Å². The fourth-order valence-corrected chi connectivity index (χ4v) is 1.97. The van der Waals surface area contributed by atoms with Crippen LogP contribution in [0.2, 0.25) is 0 Å². The van der Waals surface area contributed by atoms with Crippen LogP contribution in [0.3, 0.4) is 0 Å². The van der Waals surface area contributed by atoms with Gasteiger partial charge in [-0.15, -0.1) is 0 Å². The number of thiocarbonyl (C=S) groups is 1. The van der Waals surface area contributed by atoms with Crippen molar-refractivity contribution in [1.29, 1.82) is 0 Å². The Kier molecular flexibility index (Phi) is 3.75. The van der Waals surface area contributed by atoms with Crippen LogP contribution in [0.25, 0.3) is 10.8 Å². The highest BCUT2D eigenvalue weighted by Gasteiger charge is 2.01. The molecule has 0 aromatic heterocycles. The van der Waals surface area contributed by atoms with Gasteiger partial charge in [0.2, 0.25) is 0 Å². The zero-order chi connectivity index (χ0) is 12.3. The average Bonchev–Trinajstić information content (AvgIpc) is 2.35. The highest BCUT2D eigenvalue weighted by molar-refractivity contribution is 7.80. The molecule has 0 aliphatic heterocycles. The zero-order valence-corrected chi connectivity index (χ0v) is 11.1. The minimum absolute atomic E-state index is 0.945. The van der Waals surface area contributed by atoms with Gasteiger partial charge in [0.1, 0.15) is 0 Å². The maximum Gasteiger partial charge on any atom is 0.0777 e. The number of hydrogen-bond acceptors (Lipinski definition) is 1. The van der Waals surface area contributed by atoms with E-state index in [4.69, 9.17) is 12.2 Å². The summed E-state index contributed by atoms with van der Waals surface area (Å²) < 4.78 is 0. The quantitative estimate of drug-likeness (QED) is 0.757. The lowest BCUT2D eigenvalue weighted by Gasteiger charge is -2.13. The predicted octanol–water partition coefficient (Wildman–Crippen LogP) is 3.66. The maximum atomic E-state index is 5.30. The van der Waals surface area contributed by atoms with Crippen LogP contribution < -0.4 is 0 Å². The van der Waals surface area contributed by atoms with Crippen LogP contribution >= 0.6 is 12.2 Å². The van der Waals surface area contributed by atoms with Crippen LogP contribution in [0.15, 0.2) is 42.5 Å². The fraction of sp³-hybridized carbons (Fsp3) is 0.267. The number of hydrogen-bond donors (Lipinski definition) is 0. The van der Waals surface area contributed by atoms with E-state index in [1.165, 1.54) is 16.3 Å². The second-order valence-electron chi connectivity index (χ2n) is 4.47. The summed E-state index contributed by atoms with van der Waals surface area (Å²) in [4.78, 5) is 3.02. The fourth-order valence-electron chi connectivity index (χ4n) is 1.87. The van der Waals surface area contributed by atoms with Crippen molar-refractivity contribution in [1.82, 2.24) is 4.90 Å². The van der Waals surface area contributed by atoms with Crippen molar-refractivity contribution in [2.45, 2.75) is 12.8 Å². The monoisotopic (exact) mass is 243 g/mol. The molecule has 0 bridgehead atoms. The SMILES string of the molecule is CN(C)C(=S)CCc1ccc2ccccc2c1. The highest BCUT2D eigenvalue weighted by atomic mass is 32.1. The van der Waals surface area contributed by atoms with Crippen LogP contribution in [0, 0.1) is 0 Å². The van der Waals surface area contributed by atoms with Crippen molar-refractivity contribution >= 4 is 28.0 Å². The summed E-state index contributed by atoms with van der Waals surface area (Å²) in [6.07, 6.45) is 1.96. The predicted molar refractivity (Wildman–Crippen MR) is 78.6 cm³/mol. The molecule has 0 N–H and O–H groups in total. The Morgan fingerprint density at radius 1 is 1.06 bits per heavy atom. The van der Waals surface area contributed by atoms with E-state index in [-0.39, 0.29) is 0 Å². The van der Waals surface area contributed by atoms with Gasteiger partial charge in [-0.2, -0.15) is 0 Å². The standard InChI is InChI=1S/C15H17NS/c1-16(2)15(17)10-8-12-7-9-13-5-3-4-6-14(13)11-12/h3-7,9,11H,8,10H2,1-2H3. The Hall–Kier alpha value is -1.41. The molecule has 17 heavy (non-hydrogen) atoms. The number of benzene rings is 2. The molecule has 0 aliphatic rings. The lowest BCUT2D eigenvalue weighted by Crippen LogP contribution is -2.19. The van der Waals surface area contributed by atoms with E-state index < -0.39 is 0 Å². The summed E-state index contributed by atoms with van der Waals surface area (Å²) in [6, 6.07) is 15.1. The van der Waals surface area contributed by atoms with Crippen molar-refractivity contribution in [3.05, 3.63) is 48.0 Å². The van der Waals surface area contributed by atoms with Gasteiger partial charge in [0.05, 0.1) is 4.99 Å². The molecule has 0 heterocycles. The second kappa shape index (κ2) is 5.28. The smallest absolute Gasteiger partial charge is 0.0777 e. The number of rotatable bonds is 3. The summed E-state index contributed by atoms with van der Waals surface area (Å²) in [5.74, 6) is 0. The molecule has 0 saturated carbocycles. The molecule has 0 fully saturated rings. The third-order valence-electron chi connectivity index (χ3n) is 2.94. The topological polar surface area (TPSA) is 3.24 Å². The molecule has 2 aromatic carbocycles. The van der Waals surface area contributed by atoms with E-state index in [2.05, 4.69) is 42.5 Å². The first-order valence-electron chi connectivity index (χ1n) is 5.84. The third kappa shape index (κ3) is 3.04. The van der Waals surface area contributed by atoms with Gasteiger partial charge in [-0.1, -0.05) is 54.7 Å². The molecule has 2 heteroatoms. The molecular weight excluding hydrogens is 226 g/mol. The van der Waals surface area contributed by atoms with Crippen LogP contribution in [0.4, 0.5) is 0 Å². The number of fused-ring (bicyclic) bond motifs is 1. The minimum atomic E-state index is 0.945. The van der Waals surface area contributed by atoms with Gasteiger partial charge in [0, 0.05) is 20.5 Å². The van der Waals surface area contributed by atoms with E-state index in [1.54, 1.807) is 0 Å². The maximum absolute atomic E-state index is 5.30. The molecule has 2 aromatic rings. The summed E-state index contributed by atoms with van der Waals surface area (Å²) in [5.41, 5.74) is 1.35. The third-order valence-corrected chi connectivity index (χ3v) is 3.51. The van der Waals surface area contributed by atoms with Crippen molar-refractivity contribution in [3.63, 3.8) is 0 Å². The molecule has 88 valence electrons. The van der Waals surface area contributed by atoms with Gasteiger partial charge in [0.25, 0.3) is 0 Å². The molecular formula is C15H17NS. The Labute approximate surface area is 108 Å². The summed E-state index contributed by atoms with van der Waals surface area (Å²) in [5, 5.41) is 2.60. The van der Waals surface area contributed by atoms with E-state index in [0.717, 1.165) is 17.8 Å². The molecule has 0 atom stereocenters. The van der Waals surface area contributed by atoms with Crippen molar-refractivity contribution in [2.24, 2.45) is 0 Å². The van der Waals surface area contributed by atoms with Crippen molar-refractivity contribution < 1.29 is 0 Å². The molecule has 2 rings (SSSR count). The van der Waals surface area contributed by atoms with Crippen molar-refractivity contribution in [3.8, 4) is 0 Å².